The van der Waals surface area contributed by atoms with E-state index in [9.17, 15) is 22.5 Å². The molecular formula is C22H21ClF4N2O3S. The predicted molar refractivity (Wildman–Crippen MR) is 116 cm³/mol. The molecule has 0 aromatic heterocycles. The second kappa shape index (κ2) is 9.42. The van der Waals surface area contributed by atoms with E-state index >= 15 is 4.39 Å². The van der Waals surface area contributed by atoms with Crippen LogP contribution in [-0.2, 0) is 27.3 Å². The van der Waals surface area contributed by atoms with Crippen molar-refractivity contribution < 1.29 is 31.6 Å². The van der Waals surface area contributed by atoms with E-state index in [1.165, 1.54) is 36.6 Å². The van der Waals surface area contributed by atoms with E-state index in [1.807, 2.05) is 0 Å². The van der Waals surface area contributed by atoms with Gasteiger partial charge in [0.1, 0.15) is 30.0 Å². The highest BCUT2D eigenvalue weighted by Crippen LogP contribution is 2.37. The number of benzene rings is 2. The van der Waals surface area contributed by atoms with Gasteiger partial charge in [-0.25, -0.2) is 17.6 Å². The van der Waals surface area contributed by atoms with Crippen LogP contribution in [-0.4, -0.2) is 58.9 Å². The molecule has 0 bridgehead atoms. The summed E-state index contributed by atoms with van der Waals surface area (Å²) in [6, 6.07) is 5.07. The molecule has 2 fully saturated rings. The SMILES string of the molecule is C[S+]([O-])N[C@@H]1[C@H](Cc2cccc(-c3cc(Cl)ccc3F)c2F)N(C(=O)C2CCO2)CC1(F)F. The minimum absolute atomic E-state index is 0.00980. The van der Waals surface area contributed by atoms with Gasteiger partial charge in [0.05, 0.1) is 19.2 Å². The summed E-state index contributed by atoms with van der Waals surface area (Å²) in [5, 5.41) is 0.207. The molecule has 2 unspecified atom stereocenters. The number of hydrogen-bond donors (Lipinski definition) is 1. The highest BCUT2D eigenvalue weighted by Gasteiger charge is 2.58. The van der Waals surface area contributed by atoms with Crippen LogP contribution >= 0.6 is 11.6 Å². The Morgan fingerprint density at radius 3 is 2.67 bits per heavy atom. The molecule has 2 aliphatic heterocycles. The van der Waals surface area contributed by atoms with E-state index in [2.05, 4.69) is 4.72 Å². The van der Waals surface area contributed by atoms with Gasteiger partial charge < -0.3 is 14.2 Å². The summed E-state index contributed by atoms with van der Waals surface area (Å²) < 4.78 is 78.8. The molecule has 0 aliphatic carbocycles. The molecule has 33 heavy (non-hydrogen) atoms. The van der Waals surface area contributed by atoms with E-state index < -0.39 is 59.6 Å². The zero-order chi connectivity index (χ0) is 23.9. The van der Waals surface area contributed by atoms with E-state index in [0.717, 1.165) is 11.0 Å². The van der Waals surface area contributed by atoms with E-state index in [4.69, 9.17) is 16.3 Å². The van der Waals surface area contributed by atoms with Crippen LogP contribution < -0.4 is 4.72 Å². The molecule has 1 N–H and O–H groups in total. The molecule has 0 spiro atoms. The number of alkyl halides is 2. The zero-order valence-electron chi connectivity index (χ0n) is 17.5. The third-order valence-corrected chi connectivity index (χ3v) is 6.72. The van der Waals surface area contributed by atoms with Crippen LogP contribution in [0.5, 0.6) is 0 Å². The van der Waals surface area contributed by atoms with Gasteiger partial charge in [-0.05, 0) is 30.2 Å². The van der Waals surface area contributed by atoms with Gasteiger partial charge in [0.25, 0.3) is 11.8 Å². The minimum atomic E-state index is -3.40. The summed E-state index contributed by atoms with van der Waals surface area (Å²) in [7, 11) is 0. The van der Waals surface area contributed by atoms with Gasteiger partial charge >= 0.3 is 0 Å². The third-order valence-electron chi connectivity index (χ3n) is 5.90. The van der Waals surface area contributed by atoms with Crippen LogP contribution in [0, 0.1) is 11.6 Å². The van der Waals surface area contributed by atoms with Crippen LogP contribution in [0.3, 0.4) is 0 Å². The maximum absolute atomic E-state index is 15.5. The Bertz CT molecular complexity index is 1050. The van der Waals surface area contributed by atoms with Crippen molar-refractivity contribution >= 4 is 28.9 Å². The highest BCUT2D eigenvalue weighted by atomic mass is 35.5. The van der Waals surface area contributed by atoms with Crippen molar-refractivity contribution in [1.29, 1.82) is 0 Å². The Balaban J connectivity index is 1.71. The van der Waals surface area contributed by atoms with Crippen LogP contribution in [0.4, 0.5) is 17.6 Å². The summed E-state index contributed by atoms with van der Waals surface area (Å²) in [6.07, 6.45) is 0.482. The van der Waals surface area contributed by atoms with Crippen LogP contribution in [0.15, 0.2) is 36.4 Å². The van der Waals surface area contributed by atoms with E-state index in [0.29, 0.717) is 13.0 Å². The molecule has 4 atom stereocenters. The largest absolute Gasteiger partial charge is 0.598 e. The molecule has 1 amide bonds. The molecule has 2 saturated heterocycles. The number of nitrogens with one attached hydrogen (secondary N) is 1. The molecule has 2 heterocycles. The fourth-order valence-electron chi connectivity index (χ4n) is 4.21. The standard InChI is InChI=1S/C22H21ClF4N2O3S/c1-33(31)28-20-17(29(11-22(20,26)27)21(30)18-7-8-32-18)9-12-3-2-4-14(19(12)25)15-10-13(23)5-6-16(15)24/h2-6,10,17-18,20,28H,7-9,11H2,1H3/t17-,18?,20+,33?/m0/s1. The van der Waals surface area contributed by atoms with Crippen molar-refractivity contribution in [3.05, 3.63) is 58.6 Å². The smallest absolute Gasteiger partial charge is 0.286 e. The van der Waals surface area contributed by atoms with Crippen molar-refractivity contribution in [2.75, 3.05) is 19.4 Å². The topological polar surface area (TPSA) is 64.6 Å². The molecule has 4 rings (SSSR count). The van der Waals surface area contributed by atoms with Gasteiger partial charge in [0.2, 0.25) is 0 Å². The molecule has 2 aromatic carbocycles. The lowest BCUT2D eigenvalue weighted by Gasteiger charge is -2.33. The van der Waals surface area contributed by atoms with Crippen molar-refractivity contribution in [2.45, 2.75) is 37.0 Å². The summed E-state index contributed by atoms with van der Waals surface area (Å²) in [6.45, 7) is -0.552. The maximum atomic E-state index is 15.5. The first-order chi connectivity index (χ1) is 15.6. The van der Waals surface area contributed by atoms with Gasteiger partial charge in [-0.2, -0.15) is 0 Å². The number of likely N-dealkylation sites (tertiary alicyclic amines) is 1. The van der Waals surface area contributed by atoms with Crippen molar-refractivity contribution in [2.24, 2.45) is 0 Å². The summed E-state index contributed by atoms with van der Waals surface area (Å²) in [4.78, 5) is 13.8. The summed E-state index contributed by atoms with van der Waals surface area (Å²) in [5.41, 5.74) is -0.143. The van der Waals surface area contributed by atoms with Crippen molar-refractivity contribution in [1.82, 2.24) is 9.62 Å². The van der Waals surface area contributed by atoms with Gasteiger partial charge in [-0.3, -0.25) is 4.79 Å². The van der Waals surface area contributed by atoms with Crippen molar-refractivity contribution in [3.8, 4) is 11.1 Å². The lowest BCUT2D eigenvalue weighted by molar-refractivity contribution is -0.158. The van der Waals surface area contributed by atoms with Crippen molar-refractivity contribution in [3.63, 3.8) is 0 Å². The summed E-state index contributed by atoms with van der Waals surface area (Å²) >= 11 is 4.12. The van der Waals surface area contributed by atoms with Gasteiger partial charge in [0, 0.05) is 33.9 Å². The number of carbonyl (C=O) groups is 1. The second-order valence-corrected chi connectivity index (χ2v) is 9.68. The minimum Gasteiger partial charge on any atom is -0.598 e. The molecule has 178 valence electrons. The predicted octanol–water partition coefficient (Wildman–Crippen LogP) is 3.71. The molecular weight excluding hydrogens is 484 g/mol. The first-order valence-electron chi connectivity index (χ1n) is 10.2. The Morgan fingerprint density at radius 1 is 1.30 bits per heavy atom. The number of carbonyl (C=O) groups excluding carboxylic acids is 1. The highest BCUT2D eigenvalue weighted by molar-refractivity contribution is 7.88. The lowest BCUT2D eigenvalue weighted by Crippen LogP contribution is -2.54. The number of amides is 1. The monoisotopic (exact) mass is 504 g/mol. The Kier molecular flexibility index (Phi) is 6.93. The second-order valence-electron chi connectivity index (χ2n) is 8.10. The Labute approximate surface area is 196 Å². The average Bonchev–Trinajstić information content (AvgIpc) is 2.94. The van der Waals surface area contributed by atoms with Gasteiger partial charge in [0.15, 0.2) is 0 Å². The van der Waals surface area contributed by atoms with E-state index in [1.54, 1.807) is 0 Å². The molecule has 0 saturated carbocycles. The summed E-state index contributed by atoms with van der Waals surface area (Å²) in [5.74, 6) is -5.52. The van der Waals surface area contributed by atoms with Crippen LogP contribution in [0.25, 0.3) is 11.1 Å². The van der Waals surface area contributed by atoms with Gasteiger partial charge in [-0.15, -0.1) is 4.72 Å². The lowest BCUT2D eigenvalue weighted by atomic mass is 9.95. The third kappa shape index (κ3) is 4.85. The normalized spacial score (nSPS) is 25.1. The molecule has 0 radical (unpaired) electrons. The average molecular weight is 505 g/mol. The Morgan fingerprint density at radius 2 is 2.03 bits per heavy atom. The molecule has 2 aromatic rings. The van der Waals surface area contributed by atoms with Crippen LogP contribution in [0.2, 0.25) is 5.02 Å². The fraction of sp³-hybridized carbons (Fsp3) is 0.409. The molecule has 2 aliphatic rings. The number of nitrogens with zero attached hydrogens (tertiary/aromatic N) is 1. The van der Waals surface area contributed by atoms with Crippen LogP contribution in [0.1, 0.15) is 12.0 Å². The quantitative estimate of drug-likeness (QED) is 0.481. The zero-order valence-corrected chi connectivity index (χ0v) is 19.1. The number of halogens is 5. The first kappa shape index (κ1) is 24.3. The molecule has 11 heteroatoms. The molecule has 5 nitrogen and oxygen atoms in total. The van der Waals surface area contributed by atoms with Gasteiger partial charge in [-0.1, -0.05) is 29.8 Å². The first-order valence-corrected chi connectivity index (χ1v) is 12.1. The number of hydrogen-bond acceptors (Lipinski definition) is 4. The van der Waals surface area contributed by atoms with E-state index in [-0.39, 0.29) is 28.1 Å². The number of ether oxygens (including phenoxy) is 1. The maximum Gasteiger partial charge on any atom is 0.286 e. The number of rotatable bonds is 6. The Hall–Kier alpha value is -1.85. The fourth-order valence-corrected chi connectivity index (χ4v) is 5.07.